The van der Waals surface area contributed by atoms with Crippen molar-refractivity contribution >= 4 is 17.5 Å². The molecular formula is C18H20N2O3. The average molecular weight is 312 g/mol. The number of aromatic hydroxyl groups is 1. The minimum atomic E-state index is -0.461. The zero-order chi connectivity index (χ0) is 16.7. The third-order valence-corrected chi connectivity index (χ3v) is 3.38. The second-order valence-electron chi connectivity index (χ2n) is 5.13. The van der Waals surface area contributed by atoms with Crippen LogP contribution in [-0.2, 0) is 0 Å². The Hall–Kier alpha value is -2.82. The highest BCUT2D eigenvalue weighted by Crippen LogP contribution is 2.20. The van der Waals surface area contributed by atoms with E-state index < -0.39 is 5.91 Å². The molecule has 0 radical (unpaired) electrons. The highest BCUT2D eigenvalue weighted by molar-refractivity contribution is 6.10. The molecule has 0 fully saturated rings. The Morgan fingerprint density at radius 3 is 2.30 bits per heavy atom. The van der Waals surface area contributed by atoms with Gasteiger partial charge in [0.25, 0.3) is 11.8 Å². The van der Waals surface area contributed by atoms with Gasteiger partial charge in [0.2, 0.25) is 0 Å². The fraction of sp³-hybridized carbons (Fsp3) is 0.222. The summed E-state index contributed by atoms with van der Waals surface area (Å²) in [6.45, 7) is 2.64. The number of hydrogen-bond acceptors (Lipinski definition) is 3. The van der Waals surface area contributed by atoms with Gasteiger partial charge in [-0.15, -0.1) is 0 Å². The van der Waals surface area contributed by atoms with Gasteiger partial charge in [0.1, 0.15) is 5.75 Å². The van der Waals surface area contributed by atoms with E-state index in [1.165, 1.54) is 12.1 Å². The second kappa shape index (κ2) is 7.98. The molecule has 5 heteroatoms. The molecular weight excluding hydrogens is 292 g/mol. The van der Waals surface area contributed by atoms with Crippen LogP contribution in [0.4, 0.5) is 5.69 Å². The summed E-state index contributed by atoms with van der Waals surface area (Å²) < 4.78 is 0. The van der Waals surface area contributed by atoms with Gasteiger partial charge < -0.3 is 15.7 Å². The zero-order valence-electron chi connectivity index (χ0n) is 13.0. The summed E-state index contributed by atoms with van der Waals surface area (Å²) in [6.07, 6.45) is 1.89. The van der Waals surface area contributed by atoms with E-state index in [0.29, 0.717) is 17.8 Å². The Kier molecular flexibility index (Phi) is 5.74. The van der Waals surface area contributed by atoms with Gasteiger partial charge in [0.15, 0.2) is 0 Å². The molecule has 3 N–H and O–H groups in total. The van der Waals surface area contributed by atoms with Gasteiger partial charge in [-0.2, -0.15) is 0 Å². The van der Waals surface area contributed by atoms with Crippen molar-refractivity contribution in [1.82, 2.24) is 5.32 Å². The van der Waals surface area contributed by atoms with Gasteiger partial charge in [-0.25, -0.2) is 0 Å². The lowest BCUT2D eigenvalue weighted by atomic mass is 10.1. The van der Waals surface area contributed by atoms with Crippen molar-refractivity contribution < 1.29 is 14.7 Å². The van der Waals surface area contributed by atoms with E-state index in [9.17, 15) is 14.7 Å². The lowest BCUT2D eigenvalue weighted by Crippen LogP contribution is -2.26. The predicted molar refractivity (Wildman–Crippen MR) is 89.7 cm³/mol. The number of rotatable bonds is 6. The Balaban J connectivity index is 2.16. The SMILES string of the molecule is CCCCNC(=O)c1ccccc1NC(=O)c1ccccc1O. The topological polar surface area (TPSA) is 78.4 Å². The average Bonchev–Trinajstić information content (AvgIpc) is 2.55. The van der Waals surface area contributed by atoms with Crippen LogP contribution in [0.3, 0.4) is 0 Å². The first kappa shape index (κ1) is 16.5. The Morgan fingerprint density at radius 2 is 1.61 bits per heavy atom. The van der Waals surface area contributed by atoms with E-state index in [-0.39, 0.29) is 17.2 Å². The molecule has 0 unspecified atom stereocenters. The molecule has 0 spiro atoms. The van der Waals surface area contributed by atoms with Crippen LogP contribution in [0.15, 0.2) is 48.5 Å². The highest BCUT2D eigenvalue weighted by atomic mass is 16.3. The molecule has 2 rings (SSSR count). The summed E-state index contributed by atoms with van der Waals surface area (Å²) in [5.41, 5.74) is 0.968. The van der Waals surface area contributed by atoms with Crippen molar-refractivity contribution in [2.75, 3.05) is 11.9 Å². The Labute approximate surface area is 135 Å². The first-order valence-electron chi connectivity index (χ1n) is 7.60. The van der Waals surface area contributed by atoms with E-state index in [4.69, 9.17) is 0 Å². The molecule has 2 amide bonds. The van der Waals surface area contributed by atoms with Crippen LogP contribution in [0.25, 0.3) is 0 Å². The number of carbonyl (C=O) groups is 2. The summed E-state index contributed by atoms with van der Waals surface area (Å²) in [6, 6.07) is 13.1. The van der Waals surface area contributed by atoms with Crippen LogP contribution in [0.5, 0.6) is 5.75 Å². The third-order valence-electron chi connectivity index (χ3n) is 3.38. The summed E-state index contributed by atoms with van der Waals surface area (Å²) in [5, 5.41) is 15.2. The fourth-order valence-corrected chi connectivity index (χ4v) is 2.12. The molecule has 2 aromatic carbocycles. The van der Waals surface area contributed by atoms with Gasteiger partial charge in [-0.3, -0.25) is 9.59 Å². The summed E-state index contributed by atoms with van der Waals surface area (Å²) >= 11 is 0. The fourth-order valence-electron chi connectivity index (χ4n) is 2.12. The van der Waals surface area contributed by atoms with Crippen molar-refractivity contribution in [2.24, 2.45) is 0 Å². The van der Waals surface area contributed by atoms with Crippen LogP contribution in [-0.4, -0.2) is 23.5 Å². The first-order chi connectivity index (χ1) is 11.1. The van der Waals surface area contributed by atoms with Gasteiger partial charge >= 0.3 is 0 Å². The molecule has 120 valence electrons. The number of phenolic OH excluding ortho intramolecular Hbond substituents is 1. The van der Waals surface area contributed by atoms with Gasteiger partial charge in [0.05, 0.1) is 16.8 Å². The van der Waals surface area contributed by atoms with Crippen molar-refractivity contribution in [3.8, 4) is 5.75 Å². The molecule has 0 saturated heterocycles. The van der Waals surface area contributed by atoms with Crippen LogP contribution in [0, 0.1) is 0 Å². The van der Waals surface area contributed by atoms with Crippen molar-refractivity contribution in [3.63, 3.8) is 0 Å². The summed E-state index contributed by atoms with van der Waals surface area (Å²) in [7, 11) is 0. The number of phenols is 1. The van der Waals surface area contributed by atoms with E-state index in [2.05, 4.69) is 10.6 Å². The van der Waals surface area contributed by atoms with Crippen LogP contribution < -0.4 is 10.6 Å². The minimum absolute atomic E-state index is 0.102. The van der Waals surface area contributed by atoms with E-state index in [1.807, 2.05) is 6.92 Å². The van der Waals surface area contributed by atoms with E-state index >= 15 is 0 Å². The monoisotopic (exact) mass is 312 g/mol. The van der Waals surface area contributed by atoms with Crippen LogP contribution >= 0.6 is 0 Å². The quantitative estimate of drug-likeness (QED) is 0.717. The molecule has 0 aliphatic carbocycles. The summed E-state index contributed by atoms with van der Waals surface area (Å²) in [4.78, 5) is 24.5. The molecule has 5 nitrogen and oxygen atoms in total. The van der Waals surface area contributed by atoms with Crippen molar-refractivity contribution in [2.45, 2.75) is 19.8 Å². The maximum Gasteiger partial charge on any atom is 0.259 e. The number of anilines is 1. The molecule has 0 aliphatic rings. The molecule has 23 heavy (non-hydrogen) atoms. The molecule has 0 heterocycles. The van der Waals surface area contributed by atoms with Crippen molar-refractivity contribution in [1.29, 1.82) is 0 Å². The van der Waals surface area contributed by atoms with Gasteiger partial charge in [-0.05, 0) is 30.7 Å². The Morgan fingerprint density at radius 1 is 0.957 bits per heavy atom. The number of hydrogen-bond donors (Lipinski definition) is 3. The van der Waals surface area contributed by atoms with E-state index in [1.54, 1.807) is 36.4 Å². The number of carbonyl (C=O) groups excluding carboxylic acids is 2. The van der Waals surface area contributed by atoms with Crippen LogP contribution in [0.1, 0.15) is 40.5 Å². The lowest BCUT2D eigenvalue weighted by molar-refractivity contribution is 0.0954. The number of nitrogens with one attached hydrogen (secondary N) is 2. The highest BCUT2D eigenvalue weighted by Gasteiger charge is 2.15. The molecule has 0 aliphatic heterocycles. The first-order valence-corrected chi connectivity index (χ1v) is 7.60. The summed E-state index contributed by atoms with van der Waals surface area (Å²) in [5.74, 6) is -0.793. The molecule has 0 bridgehead atoms. The maximum absolute atomic E-state index is 12.3. The zero-order valence-corrected chi connectivity index (χ0v) is 13.0. The minimum Gasteiger partial charge on any atom is -0.507 e. The number of para-hydroxylation sites is 2. The van der Waals surface area contributed by atoms with Crippen molar-refractivity contribution in [3.05, 3.63) is 59.7 Å². The molecule has 0 atom stereocenters. The molecule has 0 saturated carbocycles. The molecule has 2 aromatic rings. The smallest absolute Gasteiger partial charge is 0.259 e. The standard InChI is InChI=1S/C18H20N2O3/c1-2-3-12-19-17(22)13-8-4-6-10-15(13)20-18(23)14-9-5-7-11-16(14)21/h4-11,21H,2-3,12H2,1H3,(H,19,22)(H,20,23). The van der Waals surface area contributed by atoms with Crippen LogP contribution in [0.2, 0.25) is 0 Å². The van der Waals surface area contributed by atoms with Gasteiger partial charge in [0, 0.05) is 6.54 Å². The largest absolute Gasteiger partial charge is 0.507 e. The normalized spacial score (nSPS) is 10.1. The number of unbranched alkanes of at least 4 members (excludes halogenated alkanes) is 1. The second-order valence-corrected chi connectivity index (χ2v) is 5.13. The van der Waals surface area contributed by atoms with E-state index in [0.717, 1.165) is 12.8 Å². The lowest BCUT2D eigenvalue weighted by Gasteiger charge is -2.12. The number of benzene rings is 2. The third kappa shape index (κ3) is 4.32. The number of amides is 2. The van der Waals surface area contributed by atoms with Gasteiger partial charge in [-0.1, -0.05) is 37.6 Å². The molecule has 0 aromatic heterocycles. The predicted octanol–water partition coefficient (Wildman–Crippen LogP) is 3.17. The Bertz CT molecular complexity index is 698. The maximum atomic E-state index is 12.3.